The fraction of sp³-hybridized carbons (Fsp3) is 0.286. The Labute approximate surface area is 238 Å². The lowest BCUT2D eigenvalue weighted by Gasteiger charge is -2.33. The normalized spacial score (nSPS) is 12.5. The lowest BCUT2D eigenvalue weighted by atomic mass is 10.1. The quantitative estimate of drug-likeness (QED) is 0.347. The average molecular weight is 595 g/mol. The van der Waals surface area contributed by atoms with E-state index >= 15 is 0 Å². The van der Waals surface area contributed by atoms with Gasteiger partial charge in [-0.25, -0.2) is 12.8 Å². The van der Waals surface area contributed by atoms with Crippen LogP contribution >= 0.6 is 23.2 Å². The standard InChI is InChI=1S/C28H30Cl2FN3O4S/c1-19(27(36)32-28(2,3)4)33(17-20-9-8-10-21(29)15-20)26(35)18-34(22-13-14-25(31)24(30)16-22)39(37,38)23-11-6-5-7-12-23/h5-16,19H,17-18H2,1-4H3,(H,32,36)/t19-/m0/s1. The minimum Gasteiger partial charge on any atom is -0.350 e. The van der Waals surface area contributed by atoms with Crippen LogP contribution in [0.2, 0.25) is 10.0 Å². The van der Waals surface area contributed by atoms with Crippen molar-refractivity contribution in [2.24, 2.45) is 0 Å². The van der Waals surface area contributed by atoms with Crippen LogP contribution in [0.3, 0.4) is 0 Å². The molecule has 0 heterocycles. The highest BCUT2D eigenvalue weighted by Crippen LogP contribution is 2.28. The van der Waals surface area contributed by atoms with E-state index < -0.39 is 45.8 Å². The van der Waals surface area contributed by atoms with Gasteiger partial charge in [0, 0.05) is 17.1 Å². The summed E-state index contributed by atoms with van der Waals surface area (Å²) in [5, 5.41) is 3.00. The van der Waals surface area contributed by atoms with Gasteiger partial charge in [0.1, 0.15) is 18.4 Å². The summed E-state index contributed by atoms with van der Waals surface area (Å²) < 4.78 is 42.2. The first-order chi connectivity index (χ1) is 18.2. The second-order valence-electron chi connectivity index (χ2n) is 9.99. The SMILES string of the molecule is C[C@@H](C(=O)NC(C)(C)C)N(Cc1cccc(Cl)c1)C(=O)CN(c1ccc(F)c(Cl)c1)S(=O)(=O)c1ccccc1. The Bertz CT molecular complexity index is 1450. The smallest absolute Gasteiger partial charge is 0.264 e. The zero-order valence-electron chi connectivity index (χ0n) is 22.0. The number of amides is 2. The molecular weight excluding hydrogens is 564 g/mol. The van der Waals surface area contributed by atoms with E-state index in [0.717, 1.165) is 16.4 Å². The van der Waals surface area contributed by atoms with Crippen molar-refractivity contribution in [3.63, 3.8) is 0 Å². The molecule has 0 spiro atoms. The zero-order chi connectivity index (χ0) is 29.0. The molecule has 11 heteroatoms. The van der Waals surface area contributed by atoms with Crippen LogP contribution in [-0.2, 0) is 26.2 Å². The van der Waals surface area contributed by atoms with E-state index in [2.05, 4.69) is 5.32 Å². The number of hydrogen-bond donors (Lipinski definition) is 1. The van der Waals surface area contributed by atoms with Crippen LogP contribution in [0.5, 0.6) is 0 Å². The Morgan fingerprint density at radius 2 is 1.64 bits per heavy atom. The van der Waals surface area contributed by atoms with E-state index in [1.54, 1.807) is 49.4 Å². The van der Waals surface area contributed by atoms with E-state index in [9.17, 15) is 22.4 Å². The van der Waals surface area contributed by atoms with E-state index in [1.807, 2.05) is 20.8 Å². The van der Waals surface area contributed by atoms with Crippen molar-refractivity contribution in [1.82, 2.24) is 10.2 Å². The highest BCUT2D eigenvalue weighted by atomic mass is 35.5. The van der Waals surface area contributed by atoms with Gasteiger partial charge in [-0.15, -0.1) is 0 Å². The van der Waals surface area contributed by atoms with Gasteiger partial charge in [0.05, 0.1) is 15.6 Å². The maximum absolute atomic E-state index is 13.9. The van der Waals surface area contributed by atoms with Gasteiger partial charge < -0.3 is 10.2 Å². The van der Waals surface area contributed by atoms with Crippen molar-refractivity contribution in [2.75, 3.05) is 10.8 Å². The summed E-state index contributed by atoms with van der Waals surface area (Å²) in [4.78, 5) is 28.2. The molecule has 7 nitrogen and oxygen atoms in total. The maximum Gasteiger partial charge on any atom is 0.264 e. The van der Waals surface area contributed by atoms with E-state index in [1.165, 1.54) is 23.1 Å². The fourth-order valence-corrected chi connectivity index (χ4v) is 5.59. The van der Waals surface area contributed by atoms with Gasteiger partial charge in [-0.2, -0.15) is 0 Å². The Hall–Kier alpha value is -3.14. The molecule has 3 rings (SSSR count). The molecule has 0 saturated heterocycles. The van der Waals surface area contributed by atoms with Gasteiger partial charge in [-0.1, -0.05) is 53.5 Å². The number of carbonyl (C=O) groups excluding carboxylic acids is 2. The summed E-state index contributed by atoms with van der Waals surface area (Å²) in [5.74, 6) is -1.81. The van der Waals surface area contributed by atoms with Crippen molar-refractivity contribution in [3.8, 4) is 0 Å². The molecular formula is C28H30Cl2FN3O4S. The molecule has 0 bridgehead atoms. The maximum atomic E-state index is 13.9. The highest BCUT2D eigenvalue weighted by molar-refractivity contribution is 7.92. The van der Waals surface area contributed by atoms with Gasteiger partial charge in [0.15, 0.2) is 0 Å². The van der Waals surface area contributed by atoms with Crippen LogP contribution in [0, 0.1) is 5.82 Å². The van der Waals surface area contributed by atoms with Crippen molar-refractivity contribution in [3.05, 3.63) is 94.2 Å². The van der Waals surface area contributed by atoms with Crippen molar-refractivity contribution in [1.29, 1.82) is 0 Å². The van der Waals surface area contributed by atoms with Crippen molar-refractivity contribution >= 4 is 50.7 Å². The molecule has 0 aliphatic carbocycles. The zero-order valence-corrected chi connectivity index (χ0v) is 24.3. The second-order valence-corrected chi connectivity index (χ2v) is 12.7. The predicted octanol–water partition coefficient (Wildman–Crippen LogP) is 5.66. The number of carbonyl (C=O) groups is 2. The topological polar surface area (TPSA) is 86.8 Å². The molecule has 0 aromatic heterocycles. The molecule has 0 radical (unpaired) electrons. The molecule has 0 aliphatic heterocycles. The van der Waals surface area contributed by atoms with Crippen LogP contribution < -0.4 is 9.62 Å². The van der Waals surface area contributed by atoms with E-state index in [4.69, 9.17) is 23.2 Å². The minimum atomic E-state index is -4.28. The number of hydrogen-bond acceptors (Lipinski definition) is 4. The summed E-state index contributed by atoms with van der Waals surface area (Å²) in [6.45, 7) is 6.32. The van der Waals surface area contributed by atoms with Gasteiger partial charge in [0.25, 0.3) is 10.0 Å². The lowest BCUT2D eigenvalue weighted by molar-refractivity contribution is -0.140. The first-order valence-electron chi connectivity index (χ1n) is 12.1. The number of sulfonamides is 1. The summed E-state index contributed by atoms with van der Waals surface area (Å²) in [6, 6.07) is 16.8. The van der Waals surface area contributed by atoms with Crippen LogP contribution in [0.15, 0.2) is 77.7 Å². The van der Waals surface area contributed by atoms with Crippen LogP contribution in [0.1, 0.15) is 33.3 Å². The average Bonchev–Trinajstić information content (AvgIpc) is 2.86. The van der Waals surface area contributed by atoms with Gasteiger partial charge in [0.2, 0.25) is 11.8 Å². The number of nitrogens with zero attached hydrogens (tertiary/aromatic N) is 2. The van der Waals surface area contributed by atoms with E-state index in [0.29, 0.717) is 10.6 Å². The molecule has 2 amide bonds. The fourth-order valence-electron chi connectivity index (χ4n) is 3.78. The molecule has 1 N–H and O–H groups in total. The van der Waals surface area contributed by atoms with E-state index in [-0.39, 0.29) is 22.2 Å². The summed E-state index contributed by atoms with van der Waals surface area (Å²) in [5.41, 5.74) is 0.0746. The predicted molar refractivity (Wildman–Crippen MR) is 152 cm³/mol. The summed E-state index contributed by atoms with van der Waals surface area (Å²) >= 11 is 12.1. The second kappa shape index (κ2) is 12.4. The number of rotatable bonds is 9. The molecule has 0 saturated carbocycles. The third-order valence-corrected chi connectivity index (χ3v) is 8.02. The van der Waals surface area contributed by atoms with Crippen LogP contribution in [0.25, 0.3) is 0 Å². The summed E-state index contributed by atoms with van der Waals surface area (Å²) in [7, 11) is -4.28. The minimum absolute atomic E-state index is 0.00638. The molecule has 3 aromatic carbocycles. The number of anilines is 1. The first-order valence-corrected chi connectivity index (χ1v) is 14.3. The van der Waals surface area contributed by atoms with Crippen molar-refractivity contribution in [2.45, 2.75) is 50.7 Å². The first kappa shape index (κ1) is 30.4. The highest BCUT2D eigenvalue weighted by Gasteiger charge is 2.33. The molecule has 0 unspecified atom stereocenters. The molecule has 0 fully saturated rings. The van der Waals surface area contributed by atoms with Crippen molar-refractivity contribution < 1.29 is 22.4 Å². The number of benzene rings is 3. The number of halogens is 3. The molecule has 208 valence electrons. The number of nitrogens with one attached hydrogen (secondary N) is 1. The molecule has 1 atom stereocenters. The Morgan fingerprint density at radius 3 is 2.23 bits per heavy atom. The van der Waals surface area contributed by atoms with Gasteiger partial charge >= 0.3 is 0 Å². The van der Waals surface area contributed by atoms with Crippen LogP contribution in [-0.4, -0.2) is 43.3 Å². The van der Waals surface area contributed by atoms with Gasteiger partial charge in [-0.05, 0) is 75.7 Å². The van der Waals surface area contributed by atoms with Crippen LogP contribution in [0.4, 0.5) is 10.1 Å². The third kappa shape index (κ3) is 7.94. The van der Waals surface area contributed by atoms with Gasteiger partial charge in [-0.3, -0.25) is 13.9 Å². The Balaban J connectivity index is 2.05. The monoisotopic (exact) mass is 593 g/mol. The lowest BCUT2D eigenvalue weighted by Crippen LogP contribution is -2.54. The largest absolute Gasteiger partial charge is 0.350 e. The molecule has 39 heavy (non-hydrogen) atoms. The molecule has 0 aliphatic rings. The third-order valence-electron chi connectivity index (χ3n) is 5.71. The molecule has 3 aromatic rings. The summed E-state index contributed by atoms with van der Waals surface area (Å²) in [6.07, 6.45) is 0. The Morgan fingerprint density at radius 1 is 0.974 bits per heavy atom. The Kier molecular flexibility index (Phi) is 9.64.